The zero-order valence-electron chi connectivity index (χ0n) is 19.0. The predicted molar refractivity (Wildman–Crippen MR) is 128 cm³/mol. The molecule has 0 saturated heterocycles. The van der Waals surface area contributed by atoms with Crippen molar-refractivity contribution in [2.75, 3.05) is 21.3 Å². The third-order valence-corrected chi connectivity index (χ3v) is 6.95. The smallest absolute Gasteiger partial charge is 0.336 e. The molecule has 0 saturated carbocycles. The van der Waals surface area contributed by atoms with Gasteiger partial charge in [0.2, 0.25) is 0 Å². The number of esters is 1. The van der Waals surface area contributed by atoms with Crippen LogP contribution in [0.4, 0.5) is 0 Å². The average molecular weight is 512 g/mol. The van der Waals surface area contributed by atoms with E-state index >= 15 is 0 Å². The Kier molecular flexibility index (Phi) is 6.61. The number of dihydropyridines is 1. The molecule has 1 N–H and O–H groups in total. The largest absolute Gasteiger partial charge is 0.497 e. The van der Waals surface area contributed by atoms with E-state index in [-0.39, 0.29) is 11.7 Å². The van der Waals surface area contributed by atoms with Crippen molar-refractivity contribution in [2.45, 2.75) is 31.6 Å². The quantitative estimate of drug-likeness (QED) is 0.569. The van der Waals surface area contributed by atoms with Crippen LogP contribution < -0.4 is 14.8 Å². The third kappa shape index (κ3) is 4.29. The highest BCUT2D eigenvalue weighted by Crippen LogP contribution is 2.46. The topological polar surface area (TPSA) is 73.9 Å². The number of allylic oxidation sites excluding steroid dienone is 3. The summed E-state index contributed by atoms with van der Waals surface area (Å²) in [5.74, 6) is 0.564. The van der Waals surface area contributed by atoms with Gasteiger partial charge >= 0.3 is 5.97 Å². The summed E-state index contributed by atoms with van der Waals surface area (Å²) in [7, 11) is 4.59. The Bertz CT molecular complexity index is 1170. The van der Waals surface area contributed by atoms with Crippen molar-refractivity contribution in [3.05, 3.63) is 80.6 Å². The van der Waals surface area contributed by atoms with E-state index in [0.717, 1.165) is 27.0 Å². The highest BCUT2D eigenvalue weighted by Gasteiger charge is 2.41. The van der Waals surface area contributed by atoms with Crippen LogP contribution >= 0.6 is 15.9 Å². The van der Waals surface area contributed by atoms with Crippen molar-refractivity contribution >= 4 is 27.7 Å². The molecule has 1 heterocycles. The standard InChI is InChI=1S/C26H26BrNO5/c1-14-23(26(30)33-4)24(16-7-10-22(32-3)19(27)11-16)25-20(28-14)12-17(13-21(25)29)15-5-8-18(31-2)9-6-15/h5-11,17,24,28H,12-13H2,1-4H3/t17-,24-/m0/s1. The summed E-state index contributed by atoms with van der Waals surface area (Å²) in [6.45, 7) is 1.85. The SMILES string of the molecule is COC(=O)C1=C(C)NC2=C(C(=O)C[C@@H](c3ccc(OC)cc3)C2)[C@H]1c1ccc(OC)c(Br)c1. The minimum absolute atomic E-state index is 0.0235. The summed E-state index contributed by atoms with van der Waals surface area (Å²) in [4.78, 5) is 26.4. The molecule has 2 aliphatic rings. The molecular weight excluding hydrogens is 486 g/mol. The Labute approximate surface area is 201 Å². The van der Waals surface area contributed by atoms with E-state index in [9.17, 15) is 9.59 Å². The summed E-state index contributed by atoms with van der Waals surface area (Å²) in [6, 6.07) is 13.5. The summed E-state index contributed by atoms with van der Waals surface area (Å²) in [5, 5.41) is 3.35. The molecule has 0 bridgehead atoms. The summed E-state index contributed by atoms with van der Waals surface area (Å²) < 4.78 is 16.5. The van der Waals surface area contributed by atoms with Crippen LogP contribution in [0.25, 0.3) is 0 Å². The average Bonchev–Trinajstić information content (AvgIpc) is 2.82. The molecule has 2 aromatic rings. The van der Waals surface area contributed by atoms with Gasteiger partial charge in [0, 0.05) is 29.3 Å². The maximum atomic E-state index is 13.6. The molecule has 2 aromatic carbocycles. The lowest BCUT2D eigenvalue weighted by molar-refractivity contribution is -0.136. The highest BCUT2D eigenvalue weighted by atomic mass is 79.9. The van der Waals surface area contributed by atoms with Crippen molar-refractivity contribution < 1.29 is 23.8 Å². The van der Waals surface area contributed by atoms with Crippen LogP contribution in [0, 0.1) is 0 Å². The van der Waals surface area contributed by atoms with Gasteiger partial charge in [0.1, 0.15) is 11.5 Å². The number of ether oxygens (including phenoxy) is 3. The van der Waals surface area contributed by atoms with E-state index in [1.807, 2.05) is 49.4 Å². The fourth-order valence-corrected chi connectivity index (χ4v) is 5.29. The maximum absolute atomic E-state index is 13.6. The summed E-state index contributed by atoms with van der Waals surface area (Å²) in [6.07, 6.45) is 1.04. The van der Waals surface area contributed by atoms with E-state index in [4.69, 9.17) is 14.2 Å². The number of hydrogen-bond donors (Lipinski definition) is 1. The first-order chi connectivity index (χ1) is 15.9. The molecule has 0 radical (unpaired) electrons. The van der Waals surface area contributed by atoms with Crippen molar-refractivity contribution in [1.29, 1.82) is 0 Å². The second-order valence-electron chi connectivity index (χ2n) is 8.18. The van der Waals surface area contributed by atoms with Crippen LogP contribution in [0.2, 0.25) is 0 Å². The van der Waals surface area contributed by atoms with E-state index in [2.05, 4.69) is 21.2 Å². The molecule has 7 heteroatoms. The van der Waals surface area contributed by atoms with Crippen LogP contribution in [0.1, 0.15) is 42.7 Å². The Hall–Kier alpha value is -3.06. The van der Waals surface area contributed by atoms with Gasteiger partial charge in [-0.15, -0.1) is 0 Å². The second-order valence-corrected chi connectivity index (χ2v) is 9.03. The number of hydrogen-bond acceptors (Lipinski definition) is 6. The Morgan fingerprint density at radius 3 is 2.30 bits per heavy atom. The molecule has 0 amide bonds. The molecule has 172 valence electrons. The van der Waals surface area contributed by atoms with Gasteiger partial charge in [0.15, 0.2) is 5.78 Å². The fourth-order valence-electron chi connectivity index (χ4n) is 4.73. The predicted octanol–water partition coefficient (Wildman–Crippen LogP) is 5.00. The molecule has 0 fully saturated rings. The van der Waals surface area contributed by atoms with Crippen molar-refractivity contribution in [1.82, 2.24) is 5.32 Å². The molecule has 0 unspecified atom stereocenters. The molecule has 1 aliphatic heterocycles. The van der Waals surface area contributed by atoms with E-state index < -0.39 is 11.9 Å². The van der Waals surface area contributed by atoms with Gasteiger partial charge < -0.3 is 19.5 Å². The Balaban J connectivity index is 1.79. The summed E-state index contributed by atoms with van der Waals surface area (Å²) in [5.41, 5.74) is 4.54. The first-order valence-corrected chi connectivity index (χ1v) is 11.5. The van der Waals surface area contributed by atoms with Gasteiger partial charge in [0.25, 0.3) is 0 Å². The van der Waals surface area contributed by atoms with Crippen molar-refractivity contribution in [2.24, 2.45) is 0 Å². The number of methoxy groups -OCH3 is 3. The number of Topliss-reactive ketones (excluding diaryl/α,β-unsaturated/α-hetero) is 1. The van der Waals surface area contributed by atoms with Crippen LogP contribution in [-0.4, -0.2) is 33.1 Å². The first-order valence-electron chi connectivity index (χ1n) is 10.7. The van der Waals surface area contributed by atoms with Crippen molar-refractivity contribution in [3.8, 4) is 11.5 Å². The zero-order chi connectivity index (χ0) is 23.7. The van der Waals surface area contributed by atoms with Gasteiger partial charge in [0.05, 0.1) is 31.4 Å². The number of halogens is 1. The van der Waals surface area contributed by atoms with Gasteiger partial charge in [-0.2, -0.15) is 0 Å². The van der Waals surface area contributed by atoms with Gasteiger partial charge in [-0.05, 0) is 70.6 Å². The lowest BCUT2D eigenvalue weighted by atomic mass is 9.71. The second kappa shape index (κ2) is 9.43. The lowest BCUT2D eigenvalue weighted by Crippen LogP contribution is -2.36. The van der Waals surface area contributed by atoms with E-state index in [0.29, 0.717) is 35.4 Å². The molecular formula is C26H26BrNO5. The van der Waals surface area contributed by atoms with Gasteiger partial charge in [-0.25, -0.2) is 4.79 Å². The number of carbonyl (C=O) groups is 2. The molecule has 4 rings (SSSR count). The van der Waals surface area contributed by atoms with E-state index in [1.54, 1.807) is 14.2 Å². The van der Waals surface area contributed by atoms with Crippen molar-refractivity contribution in [3.63, 3.8) is 0 Å². The lowest BCUT2D eigenvalue weighted by Gasteiger charge is -2.36. The fraction of sp³-hybridized carbons (Fsp3) is 0.308. The molecule has 6 nitrogen and oxygen atoms in total. The van der Waals surface area contributed by atoms with Crippen LogP contribution in [0.3, 0.4) is 0 Å². The minimum Gasteiger partial charge on any atom is -0.497 e. The maximum Gasteiger partial charge on any atom is 0.336 e. The van der Waals surface area contributed by atoms with Crippen LogP contribution in [0.15, 0.2) is 69.5 Å². The van der Waals surface area contributed by atoms with Crippen LogP contribution in [-0.2, 0) is 14.3 Å². The van der Waals surface area contributed by atoms with Gasteiger partial charge in [-0.1, -0.05) is 18.2 Å². The monoisotopic (exact) mass is 511 g/mol. The van der Waals surface area contributed by atoms with Crippen LogP contribution in [0.5, 0.6) is 11.5 Å². The highest BCUT2D eigenvalue weighted by molar-refractivity contribution is 9.10. The number of carbonyl (C=O) groups excluding carboxylic acids is 2. The van der Waals surface area contributed by atoms with E-state index in [1.165, 1.54) is 7.11 Å². The Morgan fingerprint density at radius 2 is 1.70 bits per heavy atom. The van der Waals surface area contributed by atoms with Gasteiger partial charge in [-0.3, -0.25) is 4.79 Å². The minimum atomic E-state index is -0.514. The normalized spacial score (nSPS) is 20.2. The number of nitrogens with one attached hydrogen (secondary N) is 1. The molecule has 0 spiro atoms. The molecule has 0 aromatic heterocycles. The Morgan fingerprint density at radius 1 is 1.00 bits per heavy atom. The first kappa shape index (κ1) is 23.1. The molecule has 2 atom stereocenters. The molecule has 33 heavy (non-hydrogen) atoms. The molecule has 1 aliphatic carbocycles. The third-order valence-electron chi connectivity index (χ3n) is 6.33. The number of ketones is 1. The summed E-state index contributed by atoms with van der Waals surface area (Å²) >= 11 is 3.53. The number of benzene rings is 2. The zero-order valence-corrected chi connectivity index (χ0v) is 20.6. The number of rotatable bonds is 5.